The number of benzene rings is 2. The summed E-state index contributed by atoms with van der Waals surface area (Å²) in [4.78, 5) is 9.17. The van der Waals surface area contributed by atoms with Crippen LogP contribution in [0, 0.1) is 5.92 Å². The summed E-state index contributed by atoms with van der Waals surface area (Å²) in [6.45, 7) is 3.58. The molecule has 0 aliphatic carbocycles. The quantitative estimate of drug-likeness (QED) is 0.683. The third kappa shape index (κ3) is 3.19. The van der Waals surface area contributed by atoms with E-state index in [4.69, 9.17) is 0 Å². The summed E-state index contributed by atoms with van der Waals surface area (Å²) in [5.41, 5.74) is 2.75. The average Bonchev–Trinajstić information content (AvgIpc) is 2.61. The minimum Gasteiger partial charge on any atom is -0.339 e. The fourth-order valence-corrected chi connectivity index (χ4v) is 5.47. The lowest BCUT2D eigenvalue weighted by molar-refractivity contribution is 0.214. The summed E-state index contributed by atoms with van der Waals surface area (Å²) in [5.74, 6) is 0.744. The van der Waals surface area contributed by atoms with Crippen LogP contribution in [0.1, 0.15) is 12.8 Å². The highest BCUT2D eigenvalue weighted by Gasteiger charge is 2.27. The molecule has 2 aliphatic heterocycles. The Morgan fingerprint density at radius 1 is 1.12 bits per heavy atom. The Bertz CT molecular complexity index is 731. The Balaban J connectivity index is 1.69. The lowest BCUT2D eigenvalue weighted by atomic mass is 9.97. The van der Waals surface area contributed by atoms with Crippen LogP contribution in [-0.4, -0.2) is 37.8 Å². The van der Waals surface area contributed by atoms with Gasteiger partial charge in [0.2, 0.25) is 0 Å². The number of thioether (sulfide) groups is 1. The van der Waals surface area contributed by atoms with Crippen molar-refractivity contribution in [3.05, 3.63) is 42.5 Å². The predicted octanol–water partition coefficient (Wildman–Crippen LogP) is 5.35. The molecule has 1 atom stereocenters. The molecule has 0 amide bonds. The second-order valence-corrected chi connectivity index (χ2v) is 8.75. The van der Waals surface area contributed by atoms with Gasteiger partial charge in [0.25, 0.3) is 0 Å². The van der Waals surface area contributed by atoms with E-state index >= 15 is 0 Å². The van der Waals surface area contributed by atoms with Gasteiger partial charge in [0.05, 0.1) is 11.4 Å². The van der Waals surface area contributed by atoms with Crippen molar-refractivity contribution < 1.29 is 0 Å². The molecule has 0 N–H and O–H groups in total. The molecule has 2 aliphatic rings. The van der Waals surface area contributed by atoms with Gasteiger partial charge in [-0.2, -0.15) is 0 Å². The molecule has 4 rings (SSSR count). The second-order valence-electron chi connectivity index (χ2n) is 6.78. The highest BCUT2D eigenvalue weighted by Crippen LogP contribution is 2.49. The van der Waals surface area contributed by atoms with Crippen molar-refractivity contribution in [2.45, 2.75) is 27.5 Å². The number of hydrogen-bond donors (Lipinski definition) is 0. The van der Waals surface area contributed by atoms with Crippen molar-refractivity contribution in [1.29, 1.82) is 0 Å². The number of para-hydroxylation sites is 1. The largest absolute Gasteiger partial charge is 0.339 e. The first-order valence-corrected chi connectivity index (χ1v) is 10.7. The smallest absolute Gasteiger partial charge is 0.0553 e. The number of likely N-dealkylation sites (tertiary alicyclic amines) is 1. The van der Waals surface area contributed by atoms with E-state index in [1.54, 1.807) is 0 Å². The molecule has 2 aromatic rings. The van der Waals surface area contributed by atoms with Gasteiger partial charge in [0.1, 0.15) is 0 Å². The van der Waals surface area contributed by atoms with Crippen LogP contribution in [-0.2, 0) is 0 Å². The molecule has 1 saturated heterocycles. The van der Waals surface area contributed by atoms with E-state index in [1.165, 1.54) is 52.0 Å². The average molecular weight is 357 g/mol. The van der Waals surface area contributed by atoms with Gasteiger partial charge in [-0.05, 0) is 68.9 Å². The molecule has 0 saturated carbocycles. The summed E-state index contributed by atoms with van der Waals surface area (Å²) in [6, 6.07) is 15.8. The van der Waals surface area contributed by atoms with Gasteiger partial charge in [-0.3, -0.25) is 0 Å². The molecule has 126 valence electrons. The zero-order chi connectivity index (χ0) is 16.5. The van der Waals surface area contributed by atoms with E-state index in [9.17, 15) is 0 Å². The normalized spacial score (nSPS) is 20.6. The Hall–Kier alpha value is -1.10. The summed E-state index contributed by atoms with van der Waals surface area (Å²) in [5, 5.41) is 0. The minimum atomic E-state index is 0.744. The molecule has 0 aromatic heterocycles. The van der Waals surface area contributed by atoms with Gasteiger partial charge in [-0.25, -0.2) is 0 Å². The Kier molecular flexibility index (Phi) is 4.79. The summed E-state index contributed by atoms with van der Waals surface area (Å²) < 4.78 is 0. The third-order valence-electron chi connectivity index (χ3n) is 5.00. The Morgan fingerprint density at radius 3 is 2.79 bits per heavy atom. The van der Waals surface area contributed by atoms with Gasteiger partial charge in [-0.15, -0.1) is 11.8 Å². The van der Waals surface area contributed by atoms with Gasteiger partial charge >= 0.3 is 0 Å². The minimum absolute atomic E-state index is 0.744. The van der Waals surface area contributed by atoms with Crippen LogP contribution in [0.3, 0.4) is 0 Å². The first-order chi connectivity index (χ1) is 11.7. The molecule has 0 spiro atoms. The highest BCUT2D eigenvalue weighted by molar-refractivity contribution is 8.00. The van der Waals surface area contributed by atoms with Crippen molar-refractivity contribution >= 4 is 34.9 Å². The second kappa shape index (κ2) is 7.03. The number of fused-ring (bicyclic) bond motifs is 2. The fraction of sp³-hybridized carbons (Fsp3) is 0.400. The maximum absolute atomic E-state index is 2.56. The zero-order valence-corrected chi connectivity index (χ0v) is 16.0. The van der Waals surface area contributed by atoms with Gasteiger partial charge in [0.15, 0.2) is 0 Å². The number of anilines is 2. The number of rotatable bonds is 3. The van der Waals surface area contributed by atoms with Gasteiger partial charge in [-0.1, -0.05) is 23.9 Å². The van der Waals surface area contributed by atoms with Crippen LogP contribution >= 0.6 is 23.5 Å². The standard InChI is InChI=1S/C20H24N2S2/c1-21-11-5-6-15(13-21)14-22-17-7-3-4-8-19(17)24-20-12-16(23-2)9-10-18(20)22/h3-4,7-10,12,15H,5-6,11,13-14H2,1-2H3. The van der Waals surface area contributed by atoms with Crippen LogP contribution in [0.15, 0.2) is 57.2 Å². The van der Waals surface area contributed by atoms with E-state index in [0.717, 1.165) is 12.5 Å². The van der Waals surface area contributed by atoms with E-state index in [1.807, 2.05) is 23.5 Å². The lowest BCUT2D eigenvalue weighted by Crippen LogP contribution is -2.38. The van der Waals surface area contributed by atoms with Crippen LogP contribution in [0.4, 0.5) is 11.4 Å². The molecule has 0 bridgehead atoms. The van der Waals surface area contributed by atoms with Crippen LogP contribution in [0.2, 0.25) is 0 Å². The number of nitrogens with zero attached hydrogens (tertiary/aromatic N) is 2. The van der Waals surface area contributed by atoms with Crippen molar-refractivity contribution in [2.24, 2.45) is 5.92 Å². The zero-order valence-electron chi connectivity index (χ0n) is 14.4. The first kappa shape index (κ1) is 16.4. The predicted molar refractivity (Wildman–Crippen MR) is 106 cm³/mol. The van der Waals surface area contributed by atoms with E-state index in [2.05, 4.69) is 65.6 Å². The summed E-state index contributed by atoms with van der Waals surface area (Å²) in [7, 11) is 2.25. The highest BCUT2D eigenvalue weighted by atomic mass is 32.2. The van der Waals surface area contributed by atoms with Crippen LogP contribution in [0.25, 0.3) is 0 Å². The molecule has 24 heavy (non-hydrogen) atoms. The van der Waals surface area contributed by atoms with Crippen molar-refractivity contribution in [3.8, 4) is 0 Å². The van der Waals surface area contributed by atoms with Gasteiger partial charge < -0.3 is 9.80 Å². The Labute approximate surface area is 153 Å². The molecule has 2 aromatic carbocycles. The number of piperidine rings is 1. The maximum atomic E-state index is 2.56. The summed E-state index contributed by atoms with van der Waals surface area (Å²) >= 11 is 3.73. The SMILES string of the molecule is CSc1ccc2c(c1)Sc1ccccc1N2CC1CCCN(C)C1. The molecule has 1 fully saturated rings. The lowest BCUT2D eigenvalue weighted by Gasteiger charge is -2.38. The van der Waals surface area contributed by atoms with Crippen molar-refractivity contribution in [2.75, 3.05) is 37.8 Å². The maximum Gasteiger partial charge on any atom is 0.0553 e. The monoisotopic (exact) mass is 356 g/mol. The number of hydrogen-bond acceptors (Lipinski definition) is 4. The van der Waals surface area contributed by atoms with E-state index in [-0.39, 0.29) is 0 Å². The fourth-order valence-electron chi connectivity index (χ4n) is 3.82. The molecule has 1 unspecified atom stereocenters. The molecule has 4 heteroatoms. The van der Waals surface area contributed by atoms with E-state index in [0.29, 0.717) is 0 Å². The summed E-state index contributed by atoms with van der Waals surface area (Å²) in [6.07, 6.45) is 4.82. The third-order valence-corrected chi connectivity index (χ3v) is 6.83. The van der Waals surface area contributed by atoms with Crippen molar-refractivity contribution in [3.63, 3.8) is 0 Å². The first-order valence-electron chi connectivity index (χ1n) is 8.65. The van der Waals surface area contributed by atoms with E-state index < -0.39 is 0 Å². The molecule has 2 heterocycles. The molecular formula is C20H24N2S2. The molecule has 0 radical (unpaired) electrons. The van der Waals surface area contributed by atoms with Crippen LogP contribution in [0.5, 0.6) is 0 Å². The Morgan fingerprint density at radius 2 is 1.96 bits per heavy atom. The molecular weight excluding hydrogens is 332 g/mol. The van der Waals surface area contributed by atoms with Crippen LogP contribution < -0.4 is 4.90 Å². The topological polar surface area (TPSA) is 6.48 Å². The molecule has 2 nitrogen and oxygen atoms in total. The van der Waals surface area contributed by atoms with Gasteiger partial charge in [0, 0.05) is 27.8 Å². The van der Waals surface area contributed by atoms with Crippen molar-refractivity contribution in [1.82, 2.24) is 4.90 Å².